The molecule has 0 amide bonds. The van der Waals surface area contributed by atoms with E-state index in [2.05, 4.69) is 27.2 Å². The van der Waals surface area contributed by atoms with Crippen molar-refractivity contribution in [3.05, 3.63) is 72.6 Å². The number of benzene rings is 1. The van der Waals surface area contributed by atoms with Crippen LogP contribution >= 0.6 is 0 Å². The molecule has 0 radical (unpaired) electrons. The third-order valence-corrected chi connectivity index (χ3v) is 4.19. The zero-order valence-electron chi connectivity index (χ0n) is 14.4. The number of aryl methyl sites for hydroxylation is 1. The normalized spacial score (nSPS) is 11.0. The average Bonchev–Trinajstić information content (AvgIpc) is 3.18. The van der Waals surface area contributed by atoms with Gasteiger partial charge in [0.15, 0.2) is 0 Å². The van der Waals surface area contributed by atoms with Crippen molar-refractivity contribution in [2.24, 2.45) is 0 Å². The molecule has 0 aliphatic heterocycles. The van der Waals surface area contributed by atoms with Crippen molar-refractivity contribution >= 4 is 22.6 Å². The first-order valence-corrected chi connectivity index (χ1v) is 8.24. The SMILES string of the molecule is Cc1ccc(N)[n+](C(=[NH2+])Cc2ccc3ncc(-n4ccnc4)cc3c2)n1. The highest BCUT2D eigenvalue weighted by Crippen LogP contribution is 2.18. The number of nitrogen functional groups attached to an aromatic ring is 1. The molecule has 0 fully saturated rings. The summed E-state index contributed by atoms with van der Waals surface area (Å²) in [6.07, 6.45) is 7.75. The van der Waals surface area contributed by atoms with E-state index in [-0.39, 0.29) is 0 Å². The lowest BCUT2D eigenvalue weighted by atomic mass is 10.1. The highest BCUT2D eigenvalue weighted by molar-refractivity contribution is 5.82. The van der Waals surface area contributed by atoms with E-state index < -0.39 is 0 Å². The zero-order valence-corrected chi connectivity index (χ0v) is 14.4. The molecule has 3 aromatic heterocycles. The Morgan fingerprint density at radius 1 is 1.23 bits per heavy atom. The van der Waals surface area contributed by atoms with E-state index >= 15 is 0 Å². The molecule has 128 valence electrons. The lowest BCUT2D eigenvalue weighted by Gasteiger charge is -2.05. The van der Waals surface area contributed by atoms with Gasteiger partial charge in [0, 0.05) is 23.8 Å². The minimum absolute atomic E-state index is 0.512. The second-order valence-electron chi connectivity index (χ2n) is 6.17. The number of nitrogens with two attached hydrogens (primary N) is 2. The molecular weight excluding hydrogens is 326 g/mol. The lowest BCUT2D eigenvalue weighted by Crippen LogP contribution is -2.63. The smallest absolute Gasteiger partial charge is 0.305 e. The van der Waals surface area contributed by atoms with E-state index in [1.165, 1.54) is 0 Å². The third-order valence-electron chi connectivity index (χ3n) is 4.19. The van der Waals surface area contributed by atoms with Crippen LogP contribution in [0.4, 0.5) is 5.82 Å². The molecular formula is C19H19N7+2. The van der Waals surface area contributed by atoms with Crippen LogP contribution in [0.1, 0.15) is 11.3 Å². The maximum atomic E-state index is 6.26. The summed E-state index contributed by atoms with van der Waals surface area (Å²) >= 11 is 0. The molecule has 1 aromatic carbocycles. The first-order chi connectivity index (χ1) is 12.6. The van der Waals surface area contributed by atoms with Gasteiger partial charge in [0.25, 0.3) is 0 Å². The molecule has 0 aliphatic rings. The molecule has 4 aromatic rings. The fourth-order valence-electron chi connectivity index (χ4n) is 2.87. The predicted molar refractivity (Wildman–Crippen MR) is 98.5 cm³/mol. The van der Waals surface area contributed by atoms with Crippen molar-refractivity contribution < 1.29 is 10.1 Å². The highest BCUT2D eigenvalue weighted by Gasteiger charge is 2.19. The van der Waals surface area contributed by atoms with E-state index in [1.54, 1.807) is 23.3 Å². The first-order valence-electron chi connectivity index (χ1n) is 8.24. The van der Waals surface area contributed by atoms with Gasteiger partial charge in [-0.2, -0.15) is 0 Å². The van der Waals surface area contributed by atoms with Gasteiger partial charge < -0.3 is 4.57 Å². The highest BCUT2D eigenvalue weighted by atomic mass is 15.3. The molecule has 0 saturated carbocycles. The number of nitrogens with zero attached hydrogens (tertiary/aromatic N) is 5. The lowest BCUT2D eigenvalue weighted by molar-refractivity contribution is -0.631. The summed E-state index contributed by atoms with van der Waals surface area (Å²) in [6, 6.07) is 11.8. The monoisotopic (exact) mass is 345 g/mol. The number of anilines is 1. The fraction of sp³-hybridized carbons (Fsp3) is 0.105. The van der Waals surface area contributed by atoms with Crippen molar-refractivity contribution in [3.63, 3.8) is 0 Å². The van der Waals surface area contributed by atoms with Gasteiger partial charge in [0.05, 0.1) is 35.8 Å². The Morgan fingerprint density at radius 2 is 2.12 bits per heavy atom. The van der Waals surface area contributed by atoms with Crippen LogP contribution in [0.5, 0.6) is 0 Å². The van der Waals surface area contributed by atoms with Crippen molar-refractivity contribution in [2.75, 3.05) is 5.73 Å². The predicted octanol–water partition coefficient (Wildman–Crippen LogP) is 0.242. The van der Waals surface area contributed by atoms with Gasteiger partial charge in [-0.25, -0.2) is 4.98 Å². The number of hydrogen-bond donors (Lipinski definition) is 2. The Kier molecular flexibility index (Phi) is 3.89. The zero-order chi connectivity index (χ0) is 18.1. The van der Waals surface area contributed by atoms with E-state index in [0.717, 1.165) is 27.8 Å². The van der Waals surface area contributed by atoms with Crippen molar-refractivity contribution in [1.82, 2.24) is 19.6 Å². The van der Waals surface area contributed by atoms with E-state index in [4.69, 9.17) is 11.1 Å². The minimum Gasteiger partial charge on any atom is -0.305 e. The molecule has 3 heterocycles. The number of aromatic nitrogens is 5. The van der Waals surface area contributed by atoms with E-state index in [0.29, 0.717) is 18.1 Å². The van der Waals surface area contributed by atoms with E-state index in [1.807, 2.05) is 42.1 Å². The Balaban J connectivity index is 1.66. The largest absolute Gasteiger partial charge is 0.358 e. The second-order valence-corrected chi connectivity index (χ2v) is 6.17. The summed E-state index contributed by atoms with van der Waals surface area (Å²) in [6.45, 7) is 1.91. The van der Waals surface area contributed by atoms with Crippen LogP contribution in [0.25, 0.3) is 16.6 Å². The van der Waals surface area contributed by atoms with Crippen LogP contribution in [0.3, 0.4) is 0 Å². The maximum Gasteiger partial charge on any atom is 0.358 e. The first kappa shape index (κ1) is 15.9. The Hall–Kier alpha value is -3.61. The molecule has 0 unspecified atom stereocenters. The molecule has 4 rings (SSSR count). The third kappa shape index (κ3) is 3.02. The number of fused-ring (bicyclic) bond motifs is 1. The van der Waals surface area contributed by atoms with Crippen LogP contribution in [-0.2, 0) is 6.42 Å². The van der Waals surface area contributed by atoms with Gasteiger partial charge in [0.2, 0.25) is 0 Å². The average molecular weight is 345 g/mol. The standard InChI is InChI=1S/C19H17N7/c1-13-2-5-18(20)26(24-13)19(21)9-14-3-4-17-15(8-14)10-16(11-23-17)25-7-6-22-12-25/h2-8,10-12,20-21H,9H2,1H3/p+2. The number of hydrogen-bond acceptors (Lipinski definition) is 4. The molecule has 7 heteroatoms. The molecule has 4 N–H and O–H groups in total. The molecule has 0 atom stereocenters. The van der Waals surface area contributed by atoms with Gasteiger partial charge >= 0.3 is 11.7 Å². The van der Waals surface area contributed by atoms with Gasteiger partial charge in [-0.1, -0.05) is 6.07 Å². The summed E-state index contributed by atoms with van der Waals surface area (Å²) in [7, 11) is 0. The number of pyridine rings is 1. The quantitative estimate of drug-likeness (QED) is 0.316. The molecule has 26 heavy (non-hydrogen) atoms. The summed E-state index contributed by atoms with van der Waals surface area (Å²) < 4.78 is 3.51. The van der Waals surface area contributed by atoms with Crippen LogP contribution in [0, 0.1) is 6.92 Å². The molecule has 7 nitrogen and oxygen atoms in total. The Bertz CT molecular complexity index is 1100. The van der Waals surface area contributed by atoms with Gasteiger partial charge in [0.1, 0.15) is 0 Å². The summed E-state index contributed by atoms with van der Waals surface area (Å²) in [4.78, 5) is 8.60. The van der Waals surface area contributed by atoms with Gasteiger partial charge in [-0.15, -0.1) is 0 Å². The van der Waals surface area contributed by atoms with Gasteiger partial charge in [-0.3, -0.25) is 16.1 Å². The Labute approximate surface area is 150 Å². The molecule has 0 aliphatic carbocycles. The summed E-state index contributed by atoms with van der Waals surface area (Å²) in [5.74, 6) is 1.09. The second kappa shape index (κ2) is 6.36. The number of imidazole rings is 1. The molecule has 0 bridgehead atoms. The van der Waals surface area contributed by atoms with Crippen LogP contribution in [0.2, 0.25) is 0 Å². The topological polar surface area (TPSA) is 99.1 Å². The molecule has 0 spiro atoms. The minimum atomic E-state index is 0.512. The Morgan fingerprint density at radius 3 is 2.92 bits per heavy atom. The maximum absolute atomic E-state index is 6.26. The van der Waals surface area contributed by atoms with Crippen molar-refractivity contribution in [2.45, 2.75) is 13.3 Å². The van der Waals surface area contributed by atoms with Crippen molar-refractivity contribution in [3.8, 4) is 5.69 Å². The summed E-state index contributed by atoms with van der Waals surface area (Å²) in [5, 5.41) is 11.7. The van der Waals surface area contributed by atoms with Crippen LogP contribution < -0.4 is 15.8 Å². The van der Waals surface area contributed by atoms with Crippen molar-refractivity contribution in [1.29, 1.82) is 0 Å². The van der Waals surface area contributed by atoms with E-state index in [9.17, 15) is 0 Å². The molecule has 0 saturated heterocycles. The van der Waals surface area contributed by atoms with Crippen LogP contribution in [0.15, 0.2) is 61.3 Å². The van der Waals surface area contributed by atoms with Crippen LogP contribution in [-0.4, -0.2) is 25.5 Å². The van der Waals surface area contributed by atoms with Gasteiger partial charge in [-0.05, 0) is 46.5 Å². The number of rotatable bonds is 3. The fourth-order valence-corrected chi connectivity index (χ4v) is 2.87. The summed E-state index contributed by atoms with van der Waals surface area (Å²) in [5.41, 5.74) is 9.80.